The van der Waals surface area contributed by atoms with Crippen molar-refractivity contribution in [2.75, 3.05) is 25.5 Å². The van der Waals surface area contributed by atoms with Crippen molar-refractivity contribution < 1.29 is 9.53 Å². The number of hydrogen-bond acceptors (Lipinski definition) is 5. The molecule has 0 radical (unpaired) electrons. The summed E-state index contributed by atoms with van der Waals surface area (Å²) >= 11 is 0. The molecule has 1 amide bonds. The normalized spacial score (nSPS) is 32.1. The number of fused-ring (bicyclic) bond motifs is 3. The Morgan fingerprint density at radius 2 is 1.89 bits per heavy atom. The number of amides is 1. The van der Waals surface area contributed by atoms with Crippen molar-refractivity contribution in [3.05, 3.63) is 65.2 Å². The summed E-state index contributed by atoms with van der Waals surface area (Å²) in [7, 11) is 1.69. The van der Waals surface area contributed by atoms with Crippen LogP contribution in [0.2, 0.25) is 0 Å². The monoisotopic (exact) mass is 500 g/mol. The molecule has 2 aliphatic carbocycles. The number of nitrogens with zero attached hydrogens (tertiary/aromatic N) is 1. The Labute approximate surface area is 220 Å². The van der Waals surface area contributed by atoms with Crippen molar-refractivity contribution in [2.24, 2.45) is 17.8 Å². The van der Waals surface area contributed by atoms with E-state index in [1.807, 2.05) is 12.1 Å². The van der Waals surface area contributed by atoms with Crippen LogP contribution in [0.1, 0.15) is 56.2 Å². The van der Waals surface area contributed by atoms with Gasteiger partial charge in [-0.05, 0) is 91.4 Å². The Balaban J connectivity index is 1.07. The van der Waals surface area contributed by atoms with Crippen LogP contribution in [0.3, 0.4) is 0 Å². The Hall–Kier alpha value is -2.67. The van der Waals surface area contributed by atoms with E-state index in [4.69, 9.17) is 4.74 Å². The van der Waals surface area contributed by atoms with Gasteiger partial charge in [0.25, 0.3) is 0 Å². The first-order valence-corrected chi connectivity index (χ1v) is 14.1. The first-order chi connectivity index (χ1) is 18.0. The number of hydrazine groups is 1. The van der Waals surface area contributed by atoms with Crippen molar-refractivity contribution in [1.29, 1.82) is 0 Å². The average Bonchev–Trinajstić information content (AvgIpc) is 3.47. The number of benzene rings is 2. The number of anilines is 1. The fourth-order valence-corrected chi connectivity index (χ4v) is 7.26. The summed E-state index contributed by atoms with van der Waals surface area (Å²) in [5.74, 6) is 2.60. The van der Waals surface area contributed by atoms with Gasteiger partial charge in [0.1, 0.15) is 5.75 Å². The molecule has 2 saturated carbocycles. The summed E-state index contributed by atoms with van der Waals surface area (Å²) in [5, 5.41) is 3.14. The molecular weight excluding hydrogens is 460 g/mol. The summed E-state index contributed by atoms with van der Waals surface area (Å²) in [6, 6.07) is 15.8. The molecule has 6 atom stereocenters. The lowest BCUT2D eigenvalue weighted by molar-refractivity contribution is -0.118. The highest BCUT2D eigenvalue weighted by Crippen LogP contribution is 2.65. The summed E-state index contributed by atoms with van der Waals surface area (Å²) in [6.45, 7) is 7.61. The van der Waals surface area contributed by atoms with Gasteiger partial charge in [-0.3, -0.25) is 20.5 Å². The SMILES string of the molecule is CCN(CC)Cc1ccc(/C=C/C2NNC3CC([C@@H]4C[C@@]45C(=O)Nc4ccc(OC)cc45)CCC23)cc1. The van der Waals surface area contributed by atoms with Crippen LogP contribution in [0.5, 0.6) is 5.75 Å². The number of rotatable bonds is 8. The largest absolute Gasteiger partial charge is 0.497 e. The number of carbonyl (C=O) groups is 1. The molecule has 6 heteroatoms. The molecule has 1 saturated heterocycles. The zero-order valence-corrected chi connectivity index (χ0v) is 22.3. The predicted molar refractivity (Wildman–Crippen MR) is 148 cm³/mol. The molecule has 0 aromatic heterocycles. The second-order valence-corrected chi connectivity index (χ2v) is 11.4. The van der Waals surface area contributed by atoms with E-state index in [1.165, 1.54) is 24.0 Å². The summed E-state index contributed by atoms with van der Waals surface area (Å²) in [6.07, 6.45) is 9.06. The zero-order chi connectivity index (χ0) is 25.6. The molecule has 3 N–H and O–H groups in total. The minimum atomic E-state index is -0.343. The lowest BCUT2D eigenvalue weighted by Crippen LogP contribution is -2.37. The Morgan fingerprint density at radius 3 is 2.65 bits per heavy atom. The first-order valence-electron chi connectivity index (χ1n) is 14.1. The molecule has 2 aliphatic heterocycles. The highest BCUT2D eigenvalue weighted by Gasteiger charge is 2.67. The van der Waals surface area contributed by atoms with Crippen molar-refractivity contribution in [2.45, 2.75) is 63.6 Å². The van der Waals surface area contributed by atoms with Gasteiger partial charge in [-0.25, -0.2) is 0 Å². The van der Waals surface area contributed by atoms with Gasteiger partial charge in [0.15, 0.2) is 0 Å². The summed E-state index contributed by atoms with van der Waals surface area (Å²) in [4.78, 5) is 15.5. The number of nitrogens with one attached hydrogen (secondary N) is 3. The molecule has 0 bridgehead atoms. The predicted octanol–water partition coefficient (Wildman–Crippen LogP) is 4.72. The number of carbonyl (C=O) groups excluding carboxylic acids is 1. The van der Waals surface area contributed by atoms with Crippen LogP contribution in [0.15, 0.2) is 48.5 Å². The molecule has 2 aromatic rings. The molecule has 2 heterocycles. The van der Waals surface area contributed by atoms with E-state index in [0.29, 0.717) is 29.8 Å². The molecule has 6 nitrogen and oxygen atoms in total. The minimum absolute atomic E-state index is 0.185. The van der Waals surface area contributed by atoms with Crippen molar-refractivity contribution in [3.63, 3.8) is 0 Å². The lowest BCUT2D eigenvalue weighted by Gasteiger charge is -2.33. The maximum Gasteiger partial charge on any atom is 0.235 e. The smallest absolute Gasteiger partial charge is 0.235 e. The van der Waals surface area contributed by atoms with Crippen LogP contribution < -0.4 is 20.9 Å². The van der Waals surface area contributed by atoms with Crippen LogP contribution >= 0.6 is 0 Å². The average molecular weight is 501 g/mol. The molecule has 1 spiro atoms. The van der Waals surface area contributed by atoms with E-state index in [-0.39, 0.29) is 11.3 Å². The van der Waals surface area contributed by atoms with Gasteiger partial charge >= 0.3 is 0 Å². The number of ether oxygens (including phenoxy) is 1. The van der Waals surface area contributed by atoms with Crippen molar-refractivity contribution in [3.8, 4) is 5.75 Å². The second kappa shape index (κ2) is 9.90. The van der Waals surface area contributed by atoms with E-state index < -0.39 is 0 Å². The third kappa shape index (κ3) is 4.39. The highest BCUT2D eigenvalue weighted by atomic mass is 16.5. The summed E-state index contributed by atoms with van der Waals surface area (Å²) in [5.41, 5.74) is 11.6. The zero-order valence-electron chi connectivity index (χ0n) is 22.3. The molecule has 2 aromatic carbocycles. The fourth-order valence-electron chi connectivity index (χ4n) is 7.26. The first kappa shape index (κ1) is 24.7. The molecular formula is C31H40N4O2. The van der Waals surface area contributed by atoms with Crippen molar-refractivity contribution in [1.82, 2.24) is 15.8 Å². The van der Waals surface area contributed by atoms with Gasteiger partial charge in [-0.2, -0.15) is 0 Å². The third-order valence-electron chi connectivity index (χ3n) is 9.56. The van der Waals surface area contributed by atoms with Gasteiger partial charge in [-0.15, -0.1) is 0 Å². The molecule has 196 valence electrons. The van der Waals surface area contributed by atoms with E-state index in [9.17, 15) is 4.79 Å². The third-order valence-corrected chi connectivity index (χ3v) is 9.56. The van der Waals surface area contributed by atoms with Gasteiger partial charge in [0.05, 0.1) is 12.5 Å². The van der Waals surface area contributed by atoms with E-state index in [2.05, 4.69) is 77.4 Å². The Morgan fingerprint density at radius 1 is 1.08 bits per heavy atom. The van der Waals surface area contributed by atoms with Crippen LogP contribution in [-0.2, 0) is 16.8 Å². The van der Waals surface area contributed by atoms with Gasteiger partial charge in [-0.1, -0.05) is 50.3 Å². The quantitative estimate of drug-likeness (QED) is 0.490. The minimum Gasteiger partial charge on any atom is -0.497 e. The van der Waals surface area contributed by atoms with E-state index in [1.54, 1.807) is 7.11 Å². The lowest BCUT2D eigenvalue weighted by atomic mass is 9.73. The standard InChI is InChI=1S/C31H40N4O2/c1-4-35(5-2)19-21-8-6-20(7-9-21)10-14-27-24-13-11-22(16-29(24)34-33-27)26-18-31(26)25-17-23(37-3)12-15-28(25)32-30(31)36/h6-10,12,14-15,17,22,24,26-27,29,33-34H,4-5,11,13,16,18-19H2,1-3H3,(H,32,36)/b14-10+/t22?,24?,26-,27?,29?,31-/m0/s1. The van der Waals surface area contributed by atoms with Gasteiger partial charge in [0, 0.05) is 24.3 Å². The van der Waals surface area contributed by atoms with Gasteiger partial charge < -0.3 is 10.1 Å². The Bertz CT molecular complexity index is 1170. The van der Waals surface area contributed by atoms with Crippen LogP contribution in [0.25, 0.3) is 6.08 Å². The van der Waals surface area contributed by atoms with E-state index >= 15 is 0 Å². The second-order valence-electron chi connectivity index (χ2n) is 11.4. The fraction of sp³-hybridized carbons (Fsp3) is 0.516. The molecule has 6 rings (SSSR count). The maximum atomic E-state index is 13.1. The Kier molecular flexibility index (Phi) is 6.59. The van der Waals surface area contributed by atoms with Gasteiger partial charge in [0.2, 0.25) is 5.91 Å². The van der Waals surface area contributed by atoms with E-state index in [0.717, 1.165) is 49.5 Å². The number of methoxy groups -OCH3 is 1. The van der Waals surface area contributed by atoms with Crippen molar-refractivity contribution >= 4 is 17.7 Å². The number of hydrogen-bond donors (Lipinski definition) is 3. The summed E-state index contributed by atoms with van der Waals surface area (Å²) < 4.78 is 5.46. The molecule has 3 fully saturated rings. The highest BCUT2D eigenvalue weighted by molar-refractivity contribution is 6.09. The molecule has 37 heavy (non-hydrogen) atoms. The topological polar surface area (TPSA) is 65.6 Å². The maximum absolute atomic E-state index is 13.1. The van der Waals surface area contributed by atoms with Crippen LogP contribution in [0, 0.1) is 17.8 Å². The molecule has 4 unspecified atom stereocenters. The van der Waals surface area contributed by atoms with Crippen LogP contribution in [0.4, 0.5) is 5.69 Å². The molecule has 4 aliphatic rings. The van der Waals surface area contributed by atoms with Crippen LogP contribution in [-0.4, -0.2) is 43.1 Å².